The van der Waals surface area contributed by atoms with Gasteiger partial charge in [0.15, 0.2) is 0 Å². The standard InChI is InChI=1S/C17H25F2N5O2/c18-16(19)14-8-13(22-17-20-10-21-24(14)17)11-3-1-5-23(9-11)15(25)7-12-4-2-6-26-12/h10-14,16H,1-9H2,(H,20,21,22)/t11-,12+,13-,14+/m0/s1. The SMILES string of the molecule is O=C(C[C@H]1CCCO1)N1CCC[C@H]([C@@H]2C[C@H](C(F)F)n3ncnc3N2)C1. The average molecular weight is 369 g/mol. The summed E-state index contributed by atoms with van der Waals surface area (Å²) in [5.74, 6) is 0.657. The van der Waals surface area contributed by atoms with Gasteiger partial charge in [-0.15, -0.1) is 0 Å². The lowest BCUT2D eigenvalue weighted by atomic mass is 9.86. The van der Waals surface area contributed by atoms with Gasteiger partial charge in [-0.05, 0) is 38.0 Å². The summed E-state index contributed by atoms with van der Waals surface area (Å²) in [5, 5.41) is 7.18. The van der Waals surface area contributed by atoms with Gasteiger partial charge >= 0.3 is 0 Å². The highest BCUT2D eigenvalue weighted by atomic mass is 19.3. The smallest absolute Gasteiger partial charge is 0.260 e. The Bertz CT molecular complexity index is 634. The average Bonchev–Trinajstić information content (AvgIpc) is 3.32. The lowest BCUT2D eigenvalue weighted by Gasteiger charge is -2.40. The molecule has 4 rings (SSSR count). The number of hydrogen-bond acceptors (Lipinski definition) is 5. The Morgan fingerprint density at radius 1 is 1.38 bits per heavy atom. The summed E-state index contributed by atoms with van der Waals surface area (Å²) in [4.78, 5) is 18.5. The molecule has 4 atom stereocenters. The summed E-state index contributed by atoms with van der Waals surface area (Å²) in [6.07, 6.45) is 3.36. The number of anilines is 1. The molecule has 1 N–H and O–H groups in total. The second-order valence-electron chi connectivity index (χ2n) is 7.50. The van der Waals surface area contributed by atoms with Crippen molar-refractivity contribution in [1.82, 2.24) is 19.7 Å². The van der Waals surface area contributed by atoms with E-state index in [9.17, 15) is 13.6 Å². The van der Waals surface area contributed by atoms with E-state index in [0.29, 0.717) is 25.3 Å². The minimum atomic E-state index is -2.49. The highest BCUT2D eigenvalue weighted by Gasteiger charge is 2.39. The number of ether oxygens (including phenoxy) is 1. The molecule has 26 heavy (non-hydrogen) atoms. The summed E-state index contributed by atoms with van der Waals surface area (Å²) in [6, 6.07) is -1.08. The number of carbonyl (C=O) groups excluding carboxylic acids is 1. The van der Waals surface area contributed by atoms with Crippen molar-refractivity contribution >= 4 is 11.9 Å². The highest BCUT2D eigenvalue weighted by molar-refractivity contribution is 5.76. The van der Waals surface area contributed by atoms with Crippen molar-refractivity contribution in [3.8, 4) is 0 Å². The van der Waals surface area contributed by atoms with Crippen LogP contribution in [0.3, 0.4) is 0 Å². The number of alkyl halides is 2. The first-order chi connectivity index (χ1) is 12.6. The number of fused-ring (bicyclic) bond motifs is 1. The van der Waals surface area contributed by atoms with Crippen molar-refractivity contribution in [2.75, 3.05) is 25.0 Å². The second-order valence-corrected chi connectivity index (χ2v) is 7.50. The van der Waals surface area contributed by atoms with Crippen LogP contribution >= 0.6 is 0 Å². The van der Waals surface area contributed by atoms with Crippen LogP contribution in [0.5, 0.6) is 0 Å². The molecule has 2 fully saturated rings. The summed E-state index contributed by atoms with van der Waals surface area (Å²) < 4.78 is 33.8. The first-order valence-corrected chi connectivity index (χ1v) is 9.45. The normalized spacial score (nSPS) is 31.7. The van der Waals surface area contributed by atoms with Gasteiger partial charge in [0, 0.05) is 25.7 Å². The van der Waals surface area contributed by atoms with Gasteiger partial charge in [0.25, 0.3) is 6.43 Å². The molecule has 144 valence electrons. The van der Waals surface area contributed by atoms with Crippen LogP contribution in [0.2, 0.25) is 0 Å². The van der Waals surface area contributed by atoms with E-state index in [0.717, 1.165) is 38.8 Å². The maximum atomic E-state index is 13.5. The molecule has 3 aliphatic rings. The molecule has 1 amide bonds. The minimum absolute atomic E-state index is 0.0393. The third kappa shape index (κ3) is 3.54. The zero-order valence-corrected chi connectivity index (χ0v) is 14.7. The molecule has 1 aromatic heterocycles. The molecule has 2 saturated heterocycles. The van der Waals surface area contributed by atoms with Crippen LogP contribution in [-0.4, -0.2) is 63.8 Å². The monoisotopic (exact) mass is 369 g/mol. The molecule has 3 aliphatic heterocycles. The van der Waals surface area contributed by atoms with Gasteiger partial charge < -0.3 is 15.0 Å². The minimum Gasteiger partial charge on any atom is -0.378 e. The van der Waals surface area contributed by atoms with Gasteiger partial charge in [0.2, 0.25) is 11.9 Å². The number of aromatic nitrogens is 3. The van der Waals surface area contributed by atoms with E-state index in [4.69, 9.17) is 4.74 Å². The number of amides is 1. The number of nitrogens with zero attached hydrogens (tertiary/aromatic N) is 4. The molecule has 0 aliphatic carbocycles. The molecular weight excluding hydrogens is 344 g/mol. The molecule has 0 aromatic carbocycles. The molecule has 0 unspecified atom stereocenters. The van der Waals surface area contributed by atoms with Crippen molar-refractivity contribution in [3.63, 3.8) is 0 Å². The Kier molecular flexibility index (Phi) is 5.06. The molecule has 0 spiro atoms. The maximum Gasteiger partial charge on any atom is 0.260 e. The van der Waals surface area contributed by atoms with Crippen LogP contribution in [0.1, 0.15) is 44.6 Å². The zero-order chi connectivity index (χ0) is 18.1. The fourth-order valence-corrected chi connectivity index (χ4v) is 4.39. The van der Waals surface area contributed by atoms with E-state index in [1.54, 1.807) is 0 Å². The number of piperidine rings is 1. The third-order valence-corrected chi connectivity index (χ3v) is 5.79. The molecule has 9 heteroatoms. The molecular formula is C17H25F2N5O2. The van der Waals surface area contributed by atoms with Gasteiger partial charge in [-0.3, -0.25) is 4.79 Å². The summed E-state index contributed by atoms with van der Waals surface area (Å²) in [5.41, 5.74) is 0. The van der Waals surface area contributed by atoms with Crippen molar-refractivity contribution in [1.29, 1.82) is 0 Å². The number of likely N-dealkylation sites (tertiary alicyclic amines) is 1. The summed E-state index contributed by atoms with van der Waals surface area (Å²) in [6.45, 7) is 2.08. The number of halogens is 2. The molecule has 0 radical (unpaired) electrons. The summed E-state index contributed by atoms with van der Waals surface area (Å²) >= 11 is 0. The largest absolute Gasteiger partial charge is 0.378 e. The van der Waals surface area contributed by atoms with E-state index >= 15 is 0 Å². The maximum absolute atomic E-state index is 13.5. The van der Waals surface area contributed by atoms with E-state index in [1.165, 1.54) is 11.0 Å². The van der Waals surface area contributed by atoms with Crippen LogP contribution in [0.15, 0.2) is 6.33 Å². The predicted octanol–water partition coefficient (Wildman–Crippen LogP) is 2.08. The lowest BCUT2D eigenvalue weighted by molar-refractivity contribution is -0.135. The Labute approximate surface area is 151 Å². The second kappa shape index (κ2) is 7.46. The molecule has 0 bridgehead atoms. The fourth-order valence-electron chi connectivity index (χ4n) is 4.39. The van der Waals surface area contributed by atoms with Crippen LogP contribution in [0.25, 0.3) is 0 Å². The summed E-state index contributed by atoms with van der Waals surface area (Å²) in [7, 11) is 0. The Morgan fingerprint density at radius 2 is 2.27 bits per heavy atom. The third-order valence-electron chi connectivity index (χ3n) is 5.79. The topological polar surface area (TPSA) is 72.3 Å². The predicted molar refractivity (Wildman–Crippen MR) is 90.0 cm³/mol. The van der Waals surface area contributed by atoms with E-state index in [1.807, 2.05) is 4.90 Å². The van der Waals surface area contributed by atoms with Gasteiger partial charge in [-0.25, -0.2) is 13.5 Å². The van der Waals surface area contributed by atoms with Crippen LogP contribution in [0, 0.1) is 5.92 Å². The number of rotatable bonds is 4. The van der Waals surface area contributed by atoms with Gasteiger partial charge in [-0.1, -0.05) is 0 Å². The first kappa shape index (κ1) is 17.6. The van der Waals surface area contributed by atoms with Crippen LogP contribution in [0.4, 0.5) is 14.7 Å². The lowest BCUT2D eigenvalue weighted by Crippen LogP contribution is -2.48. The van der Waals surface area contributed by atoms with Crippen LogP contribution in [-0.2, 0) is 9.53 Å². The van der Waals surface area contributed by atoms with Crippen molar-refractivity contribution in [3.05, 3.63) is 6.33 Å². The van der Waals surface area contributed by atoms with Crippen LogP contribution < -0.4 is 5.32 Å². The van der Waals surface area contributed by atoms with Gasteiger partial charge in [-0.2, -0.15) is 10.1 Å². The molecule has 1 aromatic rings. The van der Waals surface area contributed by atoms with Gasteiger partial charge in [0.1, 0.15) is 12.4 Å². The quantitative estimate of drug-likeness (QED) is 0.880. The number of hydrogen-bond donors (Lipinski definition) is 1. The fraction of sp³-hybridized carbons (Fsp3) is 0.824. The Balaban J connectivity index is 1.40. The molecule has 0 saturated carbocycles. The van der Waals surface area contributed by atoms with Crippen molar-refractivity contribution in [2.45, 2.75) is 63.1 Å². The van der Waals surface area contributed by atoms with Gasteiger partial charge in [0.05, 0.1) is 12.5 Å². The van der Waals surface area contributed by atoms with E-state index in [-0.39, 0.29) is 24.0 Å². The Morgan fingerprint density at radius 3 is 3.04 bits per heavy atom. The first-order valence-electron chi connectivity index (χ1n) is 9.45. The van der Waals surface area contributed by atoms with E-state index in [2.05, 4.69) is 15.4 Å². The Hall–Kier alpha value is -1.77. The van der Waals surface area contributed by atoms with Crippen molar-refractivity contribution < 1.29 is 18.3 Å². The molecule has 7 nitrogen and oxygen atoms in total. The van der Waals surface area contributed by atoms with Crippen molar-refractivity contribution in [2.24, 2.45) is 5.92 Å². The number of nitrogens with one attached hydrogen (secondary N) is 1. The highest BCUT2D eigenvalue weighted by Crippen LogP contribution is 2.35. The zero-order valence-electron chi connectivity index (χ0n) is 14.7. The number of carbonyl (C=O) groups is 1. The molecule has 4 heterocycles. The van der Waals surface area contributed by atoms with E-state index < -0.39 is 12.5 Å².